The Morgan fingerprint density at radius 2 is 2.12 bits per heavy atom. The molecule has 1 aliphatic heterocycles. The summed E-state index contributed by atoms with van der Waals surface area (Å²) in [4.78, 5) is 26.8. The van der Waals surface area contributed by atoms with Crippen molar-refractivity contribution in [3.8, 4) is 5.75 Å². The van der Waals surface area contributed by atoms with E-state index in [9.17, 15) is 9.18 Å². The Balaban J connectivity index is 1.69. The number of ether oxygens (including phenoxy) is 1. The van der Waals surface area contributed by atoms with Gasteiger partial charge in [0.05, 0.1) is 34.1 Å². The van der Waals surface area contributed by atoms with Gasteiger partial charge in [0, 0.05) is 31.0 Å². The van der Waals surface area contributed by atoms with Crippen LogP contribution in [0.5, 0.6) is 5.75 Å². The van der Waals surface area contributed by atoms with Gasteiger partial charge in [-0.05, 0) is 18.2 Å². The predicted molar refractivity (Wildman–Crippen MR) is 122 cm³/mol. The molecule has 0 spiro atoms. The quantitative estimate of drug-likeness (QED) is 0.407. The molecule has 1 aromatic carbocycles. The van der Waals surface area contributed by atoms with Crippen LogP contribution in [0, 0.1) is 11.2 Å². The van der Waals surface area contributed by atoms with Crippen molar-refractivity contribution in [3.05, 3.63) is 58.7 Å². The lowest BCUT2D eigenvalue weighted by molar-refractivity contribution is -0.136. The minimum Gasteiger partial charge on any atom is -0.495 e. The molecule has 32 heavy (non-hydrogen) atoms. The number of aromatic nitrogens is 3. The van der Waals surface area contributed by atoms with E-state index >= 15 is 0 Å². The number of hydrogen-bond acceptors (Lipinski definition) is 6. The number of likely N-dealkylation sites (tertiary alicyclic amines) is 1. The second-order valence-corrected chi connectivity index (χ2v) is 8.75. The third-order valence-corrected chi connectivity index (χ3v) is 6.16. The first-order chi connectivity index (χ1) is 15.2. The summed E-state index contributed by atoms with van der Waals surface area (Å²) in [5.41, 5.74) is 1.64. The smallest absolute Gasteiger partial charge is 0.245 e. The van der Waals surface area contributed by atoms with Gasteiger partial charge in [-0.2, -0.15) is 0 Å². The molecule has 1 N–H and O–H groups in total. The molecule has 7 nitrogen and oxygen atoms in total. The molecule has 166 valence electrons. The highest BCUT2D eigenvalue weighted by Gasteiger charge is 2.41. The van der Waals surface area contributed by atoms with Crippen molar-refractivity contribution in [2.45, 2.75) is 13.3 Å². The molecular formula is C22H20Cl2FN5O2. The summed E-state index contributed by atoms with van der Waals surface area (Å²) in [6.07, 6.45) is 3.24. The number of carbonyl (C=O) groups is 1. The molecule has 1 aliphatic rings. The number of benzene rings is 1. The molecule has 0 bridgehead atoms. The molecule has 0 unspecified atom stereocenters. The van der Waals surface area contributed by atoms with Crippen molar-refractivity contribution in [2.75, 3.05) is 25.5 Å². The summed E-state index contributed by atoms with van der Waals surface area (Å²) in [7, 11) is 1.56. The summed E-state index contributed by atoms with van der Waals surface area (Å²) >= 11 is 11.8. The first-order valence-corrected chi connectivity index (χ1v) is 10.5. The zero-order chi connectivity index (χ0) is 23.0. The number of fused-ring (bicyclic) bond motifs is 1. The maximum absolute atomic E-state index is 14.6. The number of anilines is 2. The van der Waals surface area contributed by atoms with Crippen LogP contribution in [0.1, 0.15) is 12.6 Å². The third-order valence-electron chi connectivity index (χ3n) is 5.38. The van der Waals surface area contributed by atoms with Crippen molar-refractivity contribution in [3.63, 3.8) is 0 Å². The fraction of sp³-hybridized carbons (Fsp3) is 0.273. The number of pyridine rings is 1. The lowest BCUT2D eigenvalue weighted by atomic mass is 9.77. The van der Waals surface area contributed by atoms with Gasteiger partial charge in [0.1, 0.15) is 17.6 Å². The molecule has 0 radical (unpaired) electrons. The summed E-state index contributed by atoms with van der Waals surface area (Å²) in [6.45, 7) is 6.79. The number of carbonyl (C=O) groups excluding carboxylic acids is 1. The Labute approximate surface area is 194 Å². The zero-order valence-corrected chi connectivity index (χ0v) is 19.0. The second kappa shape index (κ2) is 8.52. The molecule has 4 rings (SSSR count). The van der Waals surface area contributed by atoms with E-state index < -0.39 is 5.82 Å². The SMILES string of the molecule is C=CC(=O)N1CC(C)(Cc2nc3c(Nc4ccc(Cl)c(Cl)c4F)ncnc3cc2OC)C1. The lowest BCUT2D eigenvalue weighted by Gasteiger charge is -2.47. The summed E-state index contributed by atoms with van der Waals surface area (Å²) in [5, 5.41) is 2.87. The first kappa shape index (κ1) is 22.2. The monoisotopic (exact) mass is 475 g/mol. The Hall–Kier alpha value is -2.97. The molecule has 0 saturated carbocycles. The highest BCUT2D eigenvalue weighted by atomic mass is 35.5. The molecule has 1 amide bonds. The number of methoxy groups -OCH3 is 1. The van der Waals surface area contributed by atoms with Crippen LogP contribution in [0.25, 0.3) is 11.0 Å². The van der Waals surface area contributed by atoms with E-state index in [2.05, 4.69) is 28.8 Å². The van der Waals surface area contributed by atoms with Gasteiger partial charge in [0.15, 0.2) is 11.6 Å². The lowest BCUT2D eigenvalue weighted by Crippen LogP contribution is -2.57. The Bertz CT molecular complexity index is 1230. The zero-order valence-electron chi connectivity index (χ0n) is 17.5. The maximum atomic E-state index is 14.6. The molecule has 3 heterocycles. The molecule has 0 atom stereocenters. The molecular weight excluding hydrogens is 456 g/mol. The van der Waals surface area contributed by atoms with Crippen LogP contribution in [0.15, 0.2) is 37.2 Å². The van der Waals surface area contributed by atoms with Gasteiger partial charge in [-0.3, -0.25) is 4.79 Å². The standard InChI is InChI=1S/C22H20Cl2FN5O2/c1-4-17(31)30-9-22(2,10-30)8-15-16(32-3)7-14-20(28-15)21(27-11-26-14)29-13-6-5-12(23)18(24)19(13)25/h4-7,11H,1,8-10H2,2-3H3,(H,26,27,29). The second-order valence-electron chi connectivity index (χ2n) is 7.96. The van der Waals surface area contributed by atoms with Gasteiger partial charge in [0.2, 0.25) is 5.91 Å². The Morgan fingerprint density at radius 1 is 1.38 bits per heavy atom. The molecule has 0 aliphatic carbocycles. The van der Waals surface area contributed by atoms with Crippen molar-refractivity contribution >= 4 is 51.6 Å². The number of hydrogen-bond donors (Lipinski definition) is 1. The number of halogens is 3. The highest BCUT2D eigenvalue weighted by molar-refractivity contribution is 6.42. The average molecular weight is 476 g/mol. The van der Waals surface area contributed by atoms with Gasteiger partial charge in [-0.15, -0.1) is 0 Å². The number of nitrogens with zero attached hydrogens (tertiary/aromatic N) is 4. The van der Waals surface area contributed by atoms with E-state index in [0.717, 1.165) is 0 Å². The van der Waals surface area contributed by atoms with E-state index in [-0.39, 0.29) is 27.1 Å². The normalized spacial score (nSPS) is 14.7. The number of amides is 1. The summed E-state index contributed by atoms with van der Waals surface area (Å²) in [5.74, 6) is 0.120. The number of nitrogens with one attached hydrogen (secondary N) is 1. The predicted octanol–water partition coefficient (Wildman–Crippen LogP) is 4.80. The molecule has 10 heteroatoms. The van der Waals surface area contributed by atoms with Crippen molar-refractivity contribution in [1.29, 1.82) is 0 Å². The van der Waals surface area contributed by atoms with Crippen LogP contribution < -0.4 is 10.1 Å². The van der Waals surface area contributed by atoms with E-state index in [1.54, 1.807) is 18.1 Å². The fourth-order valence-corrected chi connectivity index (χ4v) is 4.14. The topological polar surface area (TPSA) is 80.2 Å². The average Bonchev–Trinajstić information content (AvgIpc) is 2.77. The Kier molecular flexibility index (Phi) is 5.92. The minimum atomic E-state index is -0.686. The van der Waals surface area contributed by atoms with Gasteiger partial charge in [-0.25, -0.2) is 19.3 Å². The highest BCUT2D eigenvalue weighted by Crippen LogP contribution is 2.37. The van der Waals surface area contributed by atoms with Crippen LogP contribution in [-0.4, -0.2) is 46.0 Å². The van der Waals surface area contributed by atoms with Crippen LogP contribution in [-0.2, 0) is 11.2 Å². The van der Waals surface area contributed by atoms with Gasteiger partial charge in [0.25, 0.3) is 0 Å². The summed E-state index contributed by atoms with van der Waals surface area (Å²) < 4.78 is 20.1. The Morgan fingerprint density at radius 3 is 2.81 bits per heavy atom. The molecule has 3 aromatic rings. The molecule has 1 saturated heterocycles. The van der Waals surface area contributed by atoms with E-state index in [1.165, 1.54) is 24.5 Å². The van der Waals surface area contributed by atoms with Crippen LogP contribution >= 0.6 is 23.2 Å². The van der Waals surface area contributed by atoms with Crippen molar-refractivity contribution < 1.29 is 13.9 Å². The van der Waals surface area contributed by atoms with Crippen LogP contribution in [0.4, 0.5) is 15.9 Å². The van der Waals surface area contributed by atoms with Gasteiger partial charge in [-0.1, -0.05) is 36.7 Å². The van der Waals surface area contributed by atoms with Crippen molar-refractivity contribution in [1.82, 2.24) is 19.9 Å². The largest absolute Gasteiger partial charge is 0.495 e. The van der Waals surface area contributed by atoms with E-state index in [4.69, 9.17) is 32.9 Å². The van der Waals surface area contributed by atoms with Crippen LogP contribution in [0.2, 0.25) is 10.0 Å². The third kappa shape index (κ3) is 4.08. The molecule has 2 aromatic heterocycles. The fourth-order valence-electron chi connectivity index (χ4n) is 3.83. The van der Waals surface area contributed by atoms with Crippen molar-refractivity contribution in [2.24, 2.45) is 5.41 Å². The van der Waals surface area contributed by atoms with Gasteiger partial charge >= 0.3 is 0 Å². The van der Waals surface area contributed by atoms with Gasteiger partial charge < -0.3 is 15.0 Å². The maximum Gasteiger partial charge on any atom is 0.245 e. The van der Waals surface area contributed by atoms with E-state index in [0.29, 0.717) is 47.8 Å². The minimum absolute atomic E-state index is 0.0931. The van der Waals surface area contributed by atoms with Crippen LogP contribution in [0.3, 0.4) is 0 Å². The summed E-state index contributed by atoms with van der Waals surface area (Å²) in [6, 6.07) is 4.74. The number of rotatable bonds is 6. The molecule has 1 fully saturated rings. The first-order valence-electron chi connectivity index (χ1n) is 9.75. The van der Waals surface area contributed by atoms with E-state index in [1.807, 2.05) is 0 Å².